The number of H-pyrrole nitrogens is 1. The van der Waals surface area contributed by atoms with E-state index in [2.05, 4.69) is 25.6 Å². The number of thiazole rings is 1. The van der Waals surface area contributed by atoms with Crippen molar-refractivity contribution in [3.8, 4) is 10.6 Å². The molecule has 1 aromatic carbocycles. The minimum Gasteiger partial charge on any atom is -0.396 e. The Bertz CT molecular complexity index is 1140. The summed E-state index contributed by atoms with van der Waals surface area (Å²) in [5.41, 5.74) is 0.778. The third-order valence-electron chi connectivity index (χ3n) is 6.73. The van der Waals surface area contributed by atoms with Gasteiger partial charge in [0.2, 0.25) is 5.95 Å². The first-order valence-electron chi connectivity index (χ1n) is 11.5. The normalized spacial score (nSPS) is 26.0. The molecule has 0 saturated heterocycles. The lowest BCUT2D eigenvalue weighted by Gasteiger charge is -2.24. The van der Waals surface area contributed by atoms with Gasteiger partial charge in [-0.1, -0.05) is 31.4 Å². The molecule has 3 aromatic rings. The predicted molar refractivity (Wildman–Crippen MR) is 129 cm³/mol. The number of rotatable bonds is 6. The summed E-state index contributed by atoms with van der Waals surface area (Å²) in [7, 11) is 0. The van der Waals surface area contributed by atoms with E-state index in [1.807, 2.05) is 24.3 Å². The van der Waals surface area contributed by atoms with Crippen LogP contribution in [0.5, 0.6) is 0 Å². The van der Waals surface area contributed by atoms with Gasteiger partial charge in [-0.3, -0.25) is 9.78 Å². The second-order valence-electron chi connectivity index (χ2n) is 9.01. The van der Waals surface area contributed by atoms with E-state index < -0.39 is 24.2 Å². The smallest absolute Gasteiger partial charge is 0.264 e. The van der Waals surface area contributed by atoms with Crippen molar-refractivity contribution in [3.63, 3.8) is 0 Å². The van der Waals surface area contributed by atoms with E-state index in [-0.39, 0.29) is 18.2 Å². The molecule has 33 heavy (non-hydrogen) atoms. The number of para-hydroxylation sites is 1. The molecule has 5 rings (SSSR count). The topological polar surface area (TPSA) is 143 Å². The van der Waals surface area contributed by atoms with Gasteiger partial charge < -0.3 is 26.0 Å². The molecule has 4 atom stereocenters. The van der Waals surface area contributed by atoms with Crippen LogP contribution in [0.25, 0.3) is 20.8 Å². The van der Waals surface area contributed by atoms with E-state index in [1.165, 1.54) is 17.8 Å². The van der Waals surface area contributed by atoms with Crippen LogP contribution in [0.2, 0.25) is 0 Å². The molecule has 0 unspecified atom stereocenters. The fraction of sp³-hybridized carbons (Fsp3) is 0.522. The lowest BCUT2D eigenvalue weighted by atomic mass is 9.96. The number of hydrogen-bond acceptors (Lipinski definition) is 9. The Labute approximate surface area is 194 Å². The number of aliphatic hydroxyl groups is 3. The standard InChI is InChI=1S/C23H29N5O4S/c29-11-12-10-15(19(31)18(12)30)25-20-17(22-26-14-8-4-5-9-16(14)33-22)21(32)28-23(27-20)24-13-6-2-1-3-7-13/h4-5,8-9,12-13,15,18-19,29-31H,1-3,6-7,10-11H2,(H3,24,25,27,28,32)/t12-,15-,18-,19+/m1/s1. The molecule has 176 valence electrons. The summed E-state index contributed by atoms with van der Waals surface area (Å²) < 4.78 is 0.957. The molecular formula is C23H29N5O4S. The molecule has 0 bridgehead atoms. The molecule has 2 heterocycles. The Balaban J connectivity index is 1.53. The van der Waals surface area contributed by atoms with Crippen LogP contribution in [-0.2, 0) is 0 Å². The highest BCUT2D eigenvalue weighted by molar-refractivity contribution is 7.21. The van der Waals surface area contributed by atoms with E-state index in [1.54, 1.807) is 0 Å². The number of aromatic nitrogens is 3. The van der Waals surface area contributed by atoms with Crippen molar-refractivity contribution in [2.24, 2.45) is 5.92 Å². The van der Waals surface area contributed by atoms with E-state index in [9.17, 15) is 20.1 Å². The Hall–Kier alpha value is -2.53. The van der Waals surface area contributed by atoms with E-state index in [4.69, 9.17) is 0 Å². The molecule has 0 amide bonds. The van der Waals surface area contributed by atoms with E-state index in [0.29, 0.717) is 28.8 Å². The van der Waals surface area contributed by atoms with Crippen molar-refractivity contribution in [2.45, 2.75) is 62.8 Å². The van der Waals surface area contributed by atoms with Crippen LogP contribution in [0.3, 0.4) is 0 Å². The fourth-order valence-electron chi connectivity index (χ4n) is 4.89. The summed E-state index contributed by atoms with van der Waals surface area (Å²) in [4.78, 5) is 25.4. The molecule has 2 aliphatic rings. The zero-order chi connectivity index (χ0) is 22.9. The van der Waals surface area contributed by atoms with Gasteiger partial charge in [0.1, 0.15) is 22.5 Å². The van der Waals surface area contributed by atoms with Gasteiger partial charge in [-0.2, -0.15) is 4.98 Å². The maximum atomic E-state index is 13.3. The Morgan fingerprint density at radius 2 is 1.85 bits per heavy atom. The first-order valence-corrected chi connectivity index (χ1v) is 12.4. The Morgan fingerprint density at radius 1 is 1.06 bits per heavy atom. The third-order valence-corrected chi connectivity index (χ3v) is 7.79. The molecule has 2 saturated carbocycles. The van der Waals surface area contributed by atoms with Crippen molar-refractivity contribution in [2.75, 3.05) is 17.2 Å². The van der Waals surface area contributed by atoms with Crippen molar-refractivity contribution >= 4 is 33.3 Å². The number of aromatic amines is 1. The van der Waals surface area contributed by atoms with Gasteiger partial charge in [0.15, 0.2) is 0 Å². The average Bonchev–Trinajstić information content (AvgIpc) is 3.35. The molecule has 10 heteroatoms. The fourth-order valence-corrected chi connectivity index (χ4v) is 5.90. The van der Waals surface area contributed by atoms with Crippen molar-refractivity contribution < 1.29 is 15.3 Å². The molecule has 6 N–H and O–H groups in total. The maximum Gasteiger partial charge on any atom is 0.264 e. The third kappa shape index (κ3) is 4.48. The molecule has 2 aliphatic carbocycles. The molecule has 0 spiro atoms. The van der Waals surface area contributed by atoms with Crippen LogP contribution < -0.4 is 16.2 Å². The van der Waals surface area contributed by atoms with Crippen LogP contribution in [-0.4, -0.2) is 61.2 Å². The second kappa shape index (κ2) is 9.38. The SMILES string of the molecule is O=c1[nH]c(NC2CCCCC2)nc(N[C@@H]2C[C@H](CO)[C@@H](O)[C@H]2O)c1-c1nc2ccccc2s1. The largest absolute Gasteiger partial charge is 0.396 e. The van der Waals surface area contributed by atoms with Crippen LogP contribution in [0.4, 0.5) is 11.8 Å². The summed E-state index contributed by atoms with van der Waals surface area (Å²) >= 11 is 1.40. The number of anilines is 2. The zero-order valence-electron chi connectivity index (χ0n) is 18.2. The highest BCUT2D eigenvalue weighted by Gasteiger charge is 2.41. The van der Waals surface area contributed by atoms with Crippen LogP contribution in [0.1, 0.15) is 38.5 Å². The van der Waals surface area contributed by atoms with Crippen molar-refractivity contribution in [1.29, 1.82) is 0 Å². The van der Waals surface area contributed by atoms with Crippen LogP contribution in [0, 0.1) is 5.92 Å². The zero-order valence-corrected chi connectivity index (χ0v) is 19.0. The summed E-state index contributed by atoms with van der Waals surface area (Å²) in [5.74, 6) is 0.252. The minimum atomic E-state index is -1.08. The van der Waals surface area contributed by atoms with Gasteiger partial charge in [-0.05, 0) is 31.4 Å². The summed E-state index contributed by atoms with van der Waals surface area (Å²) in [6.45, 7) is -0.224. The van der Waals surface area contributed by atoms with Gasteiger partial charge in [0.25, 0.3) is 5.56 Å². The minimum absolute atomic E-state index is 0.224. The van der Waals surface area contributed by atoms with E-state index >= 15 is 0 Å². The Kier molecular flexibility index (Phi) is 6.33. The molecule has 0 radical (unpaired) electrons. The first kappa shape index (κ1) is 22.3. The van der Waals surface area contributed by atoms with Gasteiger partial charge in [0, 0.05) is 18.6 Å². The number of aliphatic hydroxyl groups excluding tert-OH is 3. The van der Waals surface area contributed by atoms with Crippen LogP contribution in [0.15, 0.2) is 29.1 Å². The Morgan fingerprint density at radius 3 is 2.58 bits per heavy atom. The van der Waals surface area contributed by atoms with Gasteiger partial charge in [-0.25, -0.2) is 4.98 Å². The second-order valence-corrected chi connectivity index (χ2v) is 10.0. The number of fused-ring (bicyclic) bond motifs is 1. The van der Waals surface area contributed by atoms with Gasteiger partial charge in [0.05, 0.1) is 22.4 Å². The average molecular weight is 472 g/mol. The highest BCUT2D eigenvalue weighted by Crippen LogP contribution is 2.35. The summed E-state index contributed by atoms with van der Waals surface area (Å²) in [6, 6.07) is 7.37. The number of hydrogen-bond donors (Lipinski definition) is 6. The number of benzene rings is 1. The molecular weight excluding hydrogens is 442 g/mol. The molecule has 0 aliphatic heterocycles. The number of nitrogens with one attached hydrogen (secondary N) is 3. The van der Waals surface area contributed by atoms with Gasteiger partial charge in [-0.15, -0.1) is 11.3 Å². The molecule has 9 nitrogen and oxygen atoms in total. The molecule has 2 fully saturated rings. The first-order chi connectivity index (χ1) is 16.0. The monoisotopic (exact) mass is 471 g/mol. The summed E-state index contributed by atoms with van der Waals surface area (Å²) in [6.07, 6.45) is 3.80. The number of nitrogens with zero attached hydrogens (tertiary/aromatic N) is 2. The lowest BCUT2D eigenvalue weighted by molar-refractivity contribution is 0.00446. The van der Waals surface area contributed by atoms with Crippen molar-refractivity contribution in [3.05, 3.63) is 34.6 Å². The van der Waals surface area contributed by atoms with Crippen molar-refractivity contribution in [1.82, 2.24) is 15.0 Å². The maximum absolute atomic E-state index is 13.3. The summed E-state index contributed by atoms with van der Waals surface area (Å²) in [5, 5.41) is 37.4. The van der Waals surface area contributed by atoms with Gasteiger partial charge >= 0.3 is 0 Å². The predicted octanol–water partition coefficient (Wildman–Crippen LogP) is 2.31. The highest BCUT2D eigenvalue weighted by atomic mass is 32.1. The molecule has 2 aromatic heterocycles. The van der Waals surface area contributed by atoms with E-state index in [0.717, 1.165) is 35.9 Å². The van der Waals surface area contributed by atoms with Crippen LogP contribution >= 0.6 is 11.3 Å². The quantitative estimate of drug-likeness (QED) is 0.321. The lowest BCUT2D eigenvalue weighted by Crippen LogP contribution is -2.36.